The summed E-state index contributed by atoms with van der Waals surface area (Å²) in [5, 5.41) is 7.46. The molecule has 1 amide bonds. The minimum absolute atomic E-state index is 0.239. The molecule has 0 unspecified atom stereocenters. The first-order valence-electron chi connectivity index (χ1n) is 8.03. The molecule has 0 aliphatic carbocycles. The molecule has 25 heavy (non-hydrogen) atoms. The first kappa shape index (κ1) is 17.4. The highest BCUT2D eigenvalue weighted by Gasteiger charge is 2.29. The molecular weight excluding hydrogens is 343 g/mol. The Bertz CT molecular complexity index is 810. The number of halogens is 2. The van der Waals surface area contributed by atoms with Gasteiger partial charge in [0.25, 0.3) is 5.91 Å². The van der Waals surface area contributed by atoms with Gasteiger partial charge in [-0.3, -0.25) is 4.79 Å². The number of oxime groups is 1. The van der Waals surface area contributed by atoms with Crippen LogP contribution in [-0.2, 0) is 16.1 Å². The fourth-order valence-electron chi connectivity index (χ4n) is 2.76. The van der Waals surface area contributed by atoms with Gasteiger partial charge in [-0.15, -0.1) is 0 Å². The highest BCUT2D eigenvalue weighted by molar-refractivity contribution is 6.31. The lowest BCUT2D eigenvalue weighted by Crippen LogP contribution is -2.36. The SMILES string of the molecule is C[C@H](NC(=O)[C@@H]1CC(Cc2cccc(F)c2)=NO1)c1ccccc1Cl. The molecule has 6 heteroatoms. The Morgan fingerprint density at radius 1 is 1.36 bits per heavy atom. The van der Waals surface area contributed by atoms with Gasteiger partial charge in [-0.2, -0.15) is 0 Å². The Morgan fingerprint density at radius 3 is 2.92 bits per heavy atom. The summed E-state index contributed by atoms with van der Waals surface area (Å²) in [6.07, 6.45) is 0.174. The van der Waals surface area contributed by atoms with E-state index in [-0.39, 0.29) is 17.8 Å². The molecule has 0 bridgehead atoms. The first-order chi connectivity index (χ1) is 12.0. The zero-order valence-electron chi connectivity index (χ0n) is 13.7. The molecule has 2 aromatic carbocycles. The van der Waals surface area contributed by atoms with Crippen LogP contribution in [-0.4, -0.2) is 17.7 Å². The van der Waals surface area contributed by atoms with Gasteiger partial charge in [-0.25, -0.2) is 4.39 Å². The molecule has 0 aromatic heterocycles. The van der Waals surface area contributed by atoms with Crippen LogP contribution >= 0.6 is 11.6 Å². The topological polar surface area (TPSA) is 50.7 Å². The van der Waals surface area contributed by atoms with Crippen molar-refractivity contribution in [3.8, 4) is 0 Å². The molecule has 1 N–H and O–H groups in total. The fourth-order valence-corrected chi connectivity index (χ4v) is 3.06. The number of rotatable bonds is 5. The zero-order valence-corrected chi connectivity index (χ0v) is 14.5. The number of benzene rings is 2. The van der Waals surface area contributed by atoms with Gasteiger partial charge in [0.2, 0.25) is 6.10 Å². The highest BCUT2D eigenvalue weighted by atomic mass is 35.5. The van der Waals surface area contributed by atoms with Crippen LogP contribution in [0, 0.1) is 5.82 Å². The largest absolute Gasteiger partial charge is 0.382 e. The number of carbonyl (C=O) groups is 1. The Balaban J connectivity index is 1.56. The van der Waals surface area contributed by atoms with Gasteiger partial charge in [0.05, 0.1) is 11.8 Å². The standard InChI is InChI=1S/C19H18ClFN2O2/c1-12(16-7-2-3-8-17(16)20)22-19(24)18-11-15(23-25-18)10-13-5-4-6-14(21)9-13/h2-9,12,18H,10-11H2,1H3,(H,22,24)/t12-,18-/m0/s1. The molecule has 0 saturated heterocycles. The molecule has 1 heterocycles. The second-order valence-corrected chi connectivity index (χ2v) is 6.42. The maximum absolute atomic E-state index is 13.2. The van der Waals surface area contributed by atoms with Crippen LogP contribution in [0.1, 0.15) is 30.5 Å². The molecule has 0 radical (unpaired) electrons. The van der Waals surface area contributed by atoms with Crippen molar-refractivity contribution in [3.05, 3.63) is 70.5 Å². The maximum atomic E-state index is 13.2. The van der Waals surface area contributed by atoms with E-state index in [2.05, 4.69) is 10.5 Å². The Labute approximate surface area is 150 Å². The number of hydrogen-bond donors (Lipinski definition) is 1. The second kappa shape index (κ2) is 7.66. The van der Waals surface area contributed by atoms with E-state index >= 15 is 0 Å². The van der Waals surface area contributed by atoms with Gasteiger partial charge in [0.1, 0.15) is 5.82 Å². The van der Waals surface area contributed by atoms with Crippen LogP contribution in [0.15, 0.2) is 53.7 Å². The predicted molar refractivity (Wildman–Crippen MR) is 95.0 cm³/mol. The lowest BCUT2D eigenvalue weighted by atomic mass is 10.0. The van der Waals surface area contributed by atoms with Crippen molar-refractivity contribution in [1.29, 1.82) is 0 Å². The van der Waals surface area contributed by atoms with E-state index in [1.807, 2.05) is 31.2 Å². The summed E-state index contributed by atoms with van der Waals surface area (Å²) in [7, 11) is 0. The summed E-state index contributed by atoms with van der Waals surface area (Å²) in [5.74, 6) is -0.537. The molecule has 3 rings (SSSR count). The molecular formula is C19H18ClFN2O2. The third-order valence-electron chi connectivity index (χ3n) is 4.05. The van der Waals surface area contributed by atoms with E-state index in [9.17, 15) is 9.18 Å². The molecule has 0 fully saturated rings. The molecule has 1 aliphatic heterocycles. The normalized spacial score (nSPS) is 17.6. The number of amides is 1. The third-order valence-corrected chi connectivity index (χ3v) is 4.39. The van der Waals surface area contributed by atoms with Gasteiger partial charge in [0, 0.05) is 17.9 Å². The van der Waals surface area contributed by atoms with Crippen LogP contribution in [0.5, 0.6) is 0 Å². The van der Waals surface area contributed by atoms with Crippen LogP contribution in [0.4, 0.5) is 4.39 Å². The minimum atomic E-state index is -0.673. The Hall–Kier alpha value is -2.40. The summed E-state index contributed by atoms with van der Waals surface area (Å²) in [5.41, 5.74) is 2.36. The average molecular weight is 361 g/mol. The van der Waals surface area contributed by atoms with Crippen LogP contribution in [0.2, 0.25) is 5.02 Å². The monoisotopic (exact) mass is 360 g/mol. The number of hydrogen-bond acceptors (Lipinski definition) is 3. The van der Waals surface area contributed by atoms with Crippen LogP contribution in [0.25, 0.3) is 0 Å². The molecule has 4 nitrogen and oxygen atoms in total. The van der Waals surface area contributed by atoms with E-state index in [0.29, 0.717) is 17.9 Å². The van der Waals surface area contributed by atoms with Gasteiger partial charge < -0.3 is 10.2 Å². The van der Waals surface area contributed by atoms with E-state index in [0.717, 1.165) is 16.8 Å². The average Bonchev–Trinajstić information content (AvgIpc) is 3.04. The number of nitrogens with zero attached hydrogens (tertiary/aromatic N) is 1. The molecule has 0 saturated carbocycles. The van der Waals surface area contributed by atoms with E-state index in [1.54, 1.807) is 12.1 Å². The van der Waals surface area contributed by atoms with Crippen molar-refractivity contribution in [3.63, 3.8) is 0 Å². The van der Waals surface area contributed by atoms with Crippen molar-refractivity contribution in [2.45, 2.75) is 31.9 Å². The van der Waals surface area contributed by atoms with Crippen molar-refractivity contribution in [2.24, 2.45) is 5.16 Å². The van der Waals surface area contributed by atoms with E-state index < -0.39 is 6.10 Å². The van der Waals surface area contributed by atoms with Crippen molar-refractivity contribution < 1.29 is 14.0 Å². The smallest absolute Gasteiger partial charge is 0.264 e. The van der Waals surface area contributed by atoms with Crippen molar-refractivity contribution in [1.82, 2.24) is 5.32 Å². The van der Waals surface area contributed by atoms with Crippen LogP contribution < -0.4 is 5.32 Å². The molecule has 2 atom stereocenters. The second-order valence-electron chi connectivity index (χ2n) is 6.01. The molecule has 1 aliphatic rings. The predicted octanol–water partition coefficient (Wildman–Crippen LogP) is 4.04. The number of carbonyl (C=O) groups excluding carboxylic acids is 1. The third kappa shape index (κ3) is 4.37. The highest BCUT2D eigenvalue weighted by Crippen LogP contribution is 2.23. The van der Waals surface area contributed by atoms with E-state index in [1.165, 1.54) is 12.1 Å². The Kier molecular flexibility index (Phi) is 5.34. The van der Waals surface area contributed by atoms with Crippen molar-refractivity contribution >= 4 is 23.2 Å². The first-order valence-corrected chi connectivity index (χ1v) is 8.41. The lowest BCUT2D eigenvalue weighted by molar-refractivity contribution is -0.131. The summed E-state index contributed by atoms with van der Waals surface area (Å²) >= 11 is 6.15. The lowest BCUT2D eigenvalue weighted by Gasteiger charge is -2.17. The Morgan fingerprint density at radius 2 is 2.16 bits per heavy atom. The van der Waals surface area contributed by atoms with Crippen LogP contribution in [0.3, 0.4) is 0 Å². The van der Waals surface area contributed by atoms with Gasteiger partial charge in [0.15, 0.2) is 0 Å². The minimum Gasteiger partial charge on any atom is -0.382 e. The van der Waals surface area contributed by atoms with Gasteiger partial charge in [-0.05, 0) is 36.2 Å². The molecule has 0 spiro atoms. The summed E-state index contributed by atoms with van der Waals surface area (Å²) < 4.78 is 13.2. The summed E-state index contributed by atoms with van der Waals surface area (Å²) in [6, 6.07) is 13.4. The molecule has 2 aromatic rings. The fraction of sp³-hybridized carbons (Fsp3) is 0.263. The number of nitrogens with one attached hydrogen (secondary N) is 1. The zero-order chi connectivity index (χ0) is 17.8. The summed E-state index contributed by atoms with van der Waals surface area (Å²) in [4.78, 5) is 17.6. The quantitative estimate of drug-likeness (QED) is 0.874. The molecule has 130 valence electrons. The van der Waals surface area contributed by atoms with Gasteiger partial charge >= 0.3 is 0 Å². The van der Waals surface area contributed by atoms with E-state index in [4.69, 9.17) is 16.4 Å². The van der Waals surface area contributed by atoms with Crippen molar-refractivity contribution in [2.75, 3.05) is 0 Å². The summed E-state index contributed by atoms with van der Waals surface area (Å²) in [6.45, 7) is 1.86. The van der Waals surface area contributed by atoms with Gasteiger partial charge in [-0.1, -0.05) is 47.1 Å². The maximum Gasteiger partial charge on any atom is 0.264 e.